The average Bonchev–Trinajstić information content (AvgIpc) is 2.49. The molecule has 1 fully saturated rings. The highest BCUT2D eigenvalue weighted by Crippen LogP contribution is 2.45. The molecule has 0 saturated heterocycles. The van der Waals surface area contributed by atoms with Crippen molar-refractivity contribution < 1.29 is 14.7 Å². The first-order valence-corrected chi connectivity index (χ1v) is 7.62. The van der Waals surface area contributed by atoms with Crippen molar-refractivity contribution in [2.24, 2.45) is 10.8 Å². The molecule has 2 rings (SSSR count). The van der Waals surface area contributed by atoms with E-state index in [0.29, 0.717) is 31.4 Å². The molecule has 6 nitrogen and oxygen atoms in total. The molecular formula is C15H20ClN3O3. The lowest BCUT2D eigenvalue weighted by molar-refractivity contribution is -0.153. The summed E-state index contributed by atoms with van der Waals surface area (Å²) in [5.41, 5.74) is -0.759. The number of carbonyl (C=O) groups is 2. The van der Waals surface area contributed by atoms with Crippen molar-refractivity contribution in [3.8, 4) is 0 Å². The fourth-order valence-corrected chi connectivity index (χ4v) is 2.81. The second-order valence-corrected chi connectivity index (χ2v) is 6.76. The molecule has 1 saturated carbocycles. The van der Waals surface area contributed by atoms with Crippen LogP contribution in [0.15, 0.2) is 12.4 Å². The number of nitrogens with zero attached hydrogens (tertiary/aromatic N) is 2. The molecule has 2 N–H and O–H groups in total. The van der Waals surface area contributed by atoms with Gasteiger partial charge in [0.2, 0.25) is 5.91 Å². The van der Waals surface area contributed by atoms with Crippen LogP contribution in [0.1, 0.15) is 45.2 Å². The summed E-state index contributed by atoms with van der Waals surface area (Å²) in [5, 5.41) is 12.4. The van der Waals surface area contributed by atoms with Crippen LogP contribution in [-0.4, -0.2) is 27.0 Å². The van der Waals surface area contributed by atoms with Crippen molar-refractivity contribution in [1.29, 1.82) is 0 Å². The number of nitrogens with one attached hydrogen (secondary N) is 1. The number of hydrogen-bond acceptors (Lipinski definition) is 4. The van der Waals surface area contributed by atoms with E-state index in [1.807, 2.05) is 6.92 Å². The first-order valence-electron chi connectivity index (χ1n) is 7.24. The molecule has 1 aromatic rings. The Morgan fingerprint density at radius 2 is 1.73 bits per heavy atom. The summed E-state index contributed by atoms with van der Waals surface area (Å²) in [6.45, 7) is 3.84. The Labute approximate surface area is 134 Å². The van der Waals surface area contributed by atoms with Gasteiger partial charge in [-0.15, -0.1) is 0 Å². The minimum atomic E-state index is -0.790. The Hall–Kier alpha value is -1.69. The normalized spacial score (nSPS) is 28.1. The van der Waals surface area contributed by atoms with Crippen molar-refractivity contribution in [2.45, 2.75) is 46.1 Å². The number of carbonyl (C=O) groups excluding carboxylic acids is 1. The molecule has 1 amide bonds. The number of carboxylic acids is 1. The summed E-state index contributed by atoms with van der Waals surface area (Å²) in [6.07, 6.45) is 5.11. The van der Waals surface area contributed by atoms with Gasteiger partial charge in [-0.1, -0.05) is 18.5 Å². The summed E-state index contributed by atoms with van der Waals surface area (Å²) >= 11 is 5.91. The third kappa shape index (κ3) is 3.38. The van der Waals surface area contributed by atoms with E-state index in [9.17, 15) is 14.7 Å². The second-order valence-electron chi connectivity index (χ2n) is 6.40. The zero-order valence-electron chi connectivity index (χ0n) is 12.7. The predicted octanol–water partition coefficient (Wildman–Crippen LogP) is 2.42. The lowest BCUT2D eigenvalue weighted by Crippen LogP contribution is -2.44. The number of halogens is 1. The molecule has 0 atom stereocenters. The highest BCUT2D eigenvalue weighted by Gasteiger charge is 2.45. The van der Waals surface area contributed by atoms with Gasteiger partial charge in [-0.2, -0.15) is 0 Å². The van der Waals surface area contributed by atoms with Crippen LogP contribution in [0.25, 0.3) is 0 Å². The van der Waals surface area contributed by atoms with E-state index in [1.54, 1.807) is 6.92 Å². The van der Waals surface area contributed by atoms with E-state index >= 15 is 0 Å². The van der Waals surface area contributed by atoms with E-state index in [-0.39, 0.29) is 17.6 Å². The number of carboxylic acid groups (broad SMARTS) is 1. The maximum absolute atomic E-state index is 12.4. The maximum atomic E-state index is 12.4. The molecule has 0 unspecified atom stereocenters. The molecule has 0 bridgehead atoms. The molecular weight excluding hydrogens is 306 g/mol. The third-order valence-electron chi connectivity index (χ3n) is 4.66. The lowest BCUT2D eigenvalue weighted by atomic mass is 9.65. The number of rotatable bonds is 4. The van der Waals surface area contributed by atoms with Gasteiger partial charge in [-0.05, 0) is 32.6 Å². The molecule has 0 radical (unpaired) electrons. The first kappa shape index (κ1) is 16.7. The van der Waals surface area contributed by atoms with E-state index < -0.39 is 16.8 Å². The van der Waals surface area contributed by atoms with Crippen molar-refractivity contribution in [1.82, 2.24) is 15.3 Å². The summed E-state index contributed by atoms with van der Waals surface area (Å²) in [6, 6.07) is 0. The van der Waals surface area contributed by atoms with Gasteiger partial charge < -0.3 is 10.4 Å². The van der Waals surface area contributed by atoms with Crippen LogP contribution >= 0.6 is 11.6 Å². The number of hydrogen-bond donors (Lipinski definition) is 2. The van der Waals surface area contributed by atoms with E-state index in [1.165, 1.54) is 12.4 Å². The van der Waals surface area contributed by atoms with E-state index in [2.05, 4.69) is 15.3 Å². The predicted molar refractivity (Wildman–Crippen MR) is 81.2 cm³/mol. The van der Waals surface area contributed by atoms with Gasteiger partial charge in [-0.3, -0.25) is 14.6 Å². The largest absolute Gasteiger partial charge is 0.481 e. The van der Waals surface area contributed by atoms with Crippen molar-refractivity contribution in [3.05, 3.63) is 23.2 Å². The quantitative estimate of drug-likeness (QED) is 0.887. The highest BCUT2D eigenvalue weighted by atomic mass is 35.5. The number of amides is 1. The Kier molecular flexibility index (Phi) is 4.70. The van der Waals surface area contributed by atoms with Crippen LogP contribution in [0.5, 0.6) is 0 Å². The van der Waals surface area contributed by atoms with Crippen LogP contribution in [0.2, 0.25) is 5.15 Å². The Bertz CT molecular complexity index is 583. The first-order chi connectivity index (χ1) is 10.3. The van der Waals surface area contributed by atoms with Crippen LogP contribution < -0.4 is 5.32 Å². The second kappa shape index (κ2) is 6.20. The van der Waals surface area contributed by atoms with E-state index in [4.69, 9.17) is 11.6 Å². The van der Waals surface area contributed by atoms with Gasteiger partial charge in [0, 0.05) is 17.8 Å². The van der Waals surface area contributed by atoms with Gasteiger partial charge in [-0.25, -0.2) is 4.98 Å². The van der Waals surface area contributed by atoms with Gasteiger partial charge in [0.1, 0.15) is 0 Å². The van der Waals surface area contributed by atoms with Crippen molar-refractivity contribution in [2.75, 3.05) is 0 Å². The molecule has 7 heteroatoms. The molecule has 1 aromatic heterocycles. The summed E-state index contributed by atoms with van der Waals surface area (Å²) < 4.78 is 0. The maximum Gasteiger partial charge on any atom is 0.309 e. The van der Waals surface area contributed by atoms with Crippen LogP contribution in [0.4, 0.5) is 0 Å². The zero-order chi connectivity index (χ0) is 16.4. The molecule has 1 aliphatic rings. The Balaban J connectivity index is 1.96. The standard InChI is InChI=1S/C15H20ClN3O3/c1-14(3-5-15(2,6-4-14)13(21)22)12(20)19-9-10-11(16)18-8-7-17-10/h7-8H,3-6,9H2,1-2H3,(H,19,20)(H,21,22)/t14-,15+. The van der Waals surface area contributed by atoms with Crippen LogP contribution in [0, 0.1) is 10.8 Å². The number of aromatic nitrogens is 2. The minimum absolute atomic E-state index is 0.0957. The molecule has 0 aliphatic heterocycles. The van der Waals surface area contributed by atoms with Gasteiger partial charge in [0.15, 0.2) is 5.15 Å². The molecule has 0 aromatic carbocycles. The van der Waals surface area contributed by atoms with Gasteiger partial charge >= 0.3 is 5.97 Å². The SMILES string of the molecule is C[C@]1(C(=O)O)CC[C@@](C)(C(=O)NCc2nccnc2Cl)CC1. The highest BCUT2D eigenvalue weighted by molar-refractivity contribution is 6.29. The number of aliphatic carboxylic acids is 1. The van der Waals surface area contributed by atoms with Gasteiger partial charge in [0.05, 0.1) is 17.7 Å². The minimum Gasteiger partial charge on any atom is -0.481 e. The molecule has 120 valence electrons. The fraction of sp³-hybridized carbons (Fsp3) is 0.600. The summed E-state index contributed by atoms with van der Waals surface area (Å²) in [7, 11) is 0. The van der Waals surface area contributed by atoms with Crippen LogP contribution in [-0.2, 0) is 16.1 Å². The van der Waals surface area contributed by atoms with Crippen molar-refractivity contribution in [3.63, 3.8) is 0 Å². The van der Waals surface area contributed by atoms with E-state index in [0.717, 1.165) is 0 Å². The van der Waals surface area contributed by atoms with Crippen molar-refractivity contribution >= 4 is 23.5 Å². The van der Waals surface area contributed by atoms with Crippen LogP contribution in [0.3, 0.4) is 0 Å². The summed E-state index contributed by atoms with van der Waals surface area (Å²) in [4.78, 5) is 31.7. The van der Waals surface area contributed by atoms with Gasteiger partial charge in [0.25, 0.3) is 0 Å². The molecule has 0 spiro atoms. The average molecular weight is 326 g/mol. The third-order valence-corrected chi connectivity index (χ3v) is 4.98. The molecule has 22 heavy (non-hydrogen) atoms. The lowest BCUT2D eigenvalue weighted by Gasteiger charge is -2.39. The molecule has 1 heterocycles. The zero-order valence-corrected chi connectivity index (χ0v) is 13.5. The Morgan fingerprint density at radius 1 is 1.18 bits per heavy atom. The molecule has 1 aliphatic carbocycles. The monoisotopic (exact) mass is 325 g/mol. The summed E-state index contributed by atoms with van der Waals surface area (Å²) in [5.74, 6) is -0.886. The topological polar surface area (TPSA) is 92.2 Å². The fourth-order valence-electron chi connectivity index (χ4n) is 2.64. The smallest absolute Gasteiger partial charge is 0.309 e. The Morgan fingerprint density at radius 3 is 2.27 bits per heavy atom.